The minimum Gasteiger partial charge on any atom is -0.466 e. The molecule has 11 nitrogen and oxygen atoms in total. The molecule has 226 valence electrons. The number of allylic oxidation sites excluding steroid dienone is 2. The van der Waals surface area contributed by atoms with E-state index in [0.29, 0.717) is 42.6 Å². The van der Waals surface area contributed by atoms with E-state index in [0.717, 1.165) is 5.56 Å². The van der Waals surface area contributed by atoms with Crippen molar-refractivity contribution in [3.63, 3.8) is 0 Å². The molecule has 0 aromatic heterocycles. The van der Waals surface area contributed by atoms with Crippen molar-refractivity contribution in [2.45, 2.75) is 70.3 Å². The Labute approximate surface area is 245 Å². The van der Waals surface area contributed by atoms with E-state index in [1.54, 1.807) is 39.0 Å². The summed E-state index contributed by atoms with van der Waals surface area (Å²) in [7, 11) is -2.60. The SMILES string of the molecule is COC(=O)C1=C(C)NC(C)=C(C(=O)OC(C)CCCCCOS(=O)(=O)c2ccc(C)cc2)C1c1cccc([N+](=O)[O-])c1. The van der Waals surface area contributed by atoms with Crippen molar-refractivity contribution in [3.8, 4) is 0 Å². The van der Waals surface area contributed by atoms with Crippen molar-refractivity contribution in [2.24, 2.45) is 0 Å². The largest absolute Gasteiger partial charge is 0.466 e. The third kappa shape index (κ3) is 8.04. The zero-order valence-electron chi connectivity index (χ0n) is 24.3. The third-order valence-electron chi connectivity index (χ3n) is 6.91. The first-order valence-electron chi connectivity index (χ1n) is 13.5. The van der Waals surface area contributed by atoms with Crippen LogP contribution < -0.4 is 5.32 Å². The molecule has 0 saturated carbocycles. The van der Waals surface area contributed by atoms with Gasteiger partial charge in [-0.2, -0.15) is 8.42 Å². The number of esters is 2. The highest BCUT2D eigenvalue weighted by atomic mass is 32.2. The van der Waals surface area contributed by atoms with Gasteiger partial charge in [0.1, 0.15) is 0 Å². The molecule has 1 aliphatic rings. The first-order chi connectivity index (χ1) is 19.9. The van der Waals surface area contributed by atoms with Crippen molar-refractivity contribution in [1.82, 2.24) is 5.32 Å². The smallest absolute Gasteiger partial charge is 0.337 e. The molecular formula is C30H36N2O9S. The molecule has 0 bridgehead atoms. The van der Waals surface area contributed by atoms with E-state index in [1.165, 1.54) is 37.4 Å². The van der Waals surface area contributed by atoms with Gasteiger partial charge in [0.25, 0.3) is 15.8 Å². The number of benzene rings is 2. The molecule has 12 heteroatoms. The average molecular weight is 601 g/mol. The molecule has 0 aliphatic carbocycles. The van der Waals surface area contributed by atoms with Crippen LogP contribution in [0.4, 0.5) is 5.69 Å². The van der Waals surface area contributed by atoms with E-state index >= 15 is 0 Å². The fourth-order valence-electron chi connectivity index (χ4n) is 4.75. The Morgan fingerprint density at radius 1 is 0.976 bits per heavy atom. The van der Waals surface area contributed by atoms with Crippen LogP contribution in [-0.4, -0.2) is 45.1 Å². The van der Waals surface area contributed by atoms with Gasteiger partial charge in [0, 0.05) is 23.5 Å². The van der Waals surface area contributed by atoms with E-state index in [2.05, 4.69) is 5.32 Å². The predicted molar refractivity (Wildman–Crippen MR) is 155 cm³/mol. The third-order valence-corrected chi connectivity index (χ3v) is 8.24. The van der Waals surface area contributed by atoms with Crippen LogP contribution in [0, 0.1) is 17.0 Å². The van der Waals surface area contributed by atoms with Gasteiger partial charge in [-0.1, -0.05) is 36.2 Å². The standard InChI is InChI=1S/C30H36N2O9S/c1-19-13-15-25(16-14-19)42(37,38)40-17-8-6-7-10-20(2)41-30(34)27-22(4)31-21(3)26(29(33)39-5)28(27)23-11-9-12-24(18-23)32(35)36/h9,11-16,18,20,28,31H,6-8,10,17H2,1-5H3. The topological polar surface area (TPSA) is 151 Å². The fourth-order valence-corrected chi connectivity index (χ4v) is 5.70. The Morgan fingerprint density at radius 2 is 1.62 bits per heavy atom. The van der Waals surface area contributed by atoms with Gasteiger partial charge in [-0.05, 0) is 64.7 Å². The van der Waals surface area contributed by atoms with Gasteiger partial charge in [0.15, 0.2) is 0 Å². The molecule has 0 fully saturated rings. The van der Waals surface area contributed by atoms with Crippen molar-refractivity contribution in [3.05, 3.63) is 92.3 Å². The molecule has 2 atom stereocenters. The molecule has 42 heavy (non-hydrogen) atoms. The van der Waals surface area contributed by atoms with Crippen LogP contribution in [-0.2, 0) is 33.4 Å². The number of nitro benzene ring substituents is 1. The number of aryl methyl sites for hydroxylation is 1. The fraction of sp³-hybridized carbons (Fsp3) is 0.400. The van der Waals surface area contributed by atoms with Crippen LogP contribution in [0.5, 0.6) is 0 Å². The highest BCUT2D eigenvalue weighted by Crippen LogP contribution is 2.40. The molecule has 2 aromatic rings. The van der Waals surface area contributed by atoms with Crippen molar-refractivity contribution < 1.29 is 36.6 Å². The van der Waals surface area contributed by atoms with E-state index in [1.807, 2.05) is 6.92 Å². The van der Waals surface area contributed by atoms with Gasteiger partial charge in [-0.15, -0.1) is 0 Å². The van der Waals surface area contributed by atoms with Crippen LogP contribution in [0.25, 0.3) is 0 Å². The lowest BCUT2D eigenvalue weighted by Gasteiger charge is -2.30. The number of carbonyl (C=O) groups excluding carboxylic acids is 2. The summed E-state index contributed by atoms with van der Waals surface area (Å²) in [5.41, 5.74) is 2.39. The monoisotopic (exact) mass is 600 g/mol. The normalized spacial score (nSPS) is 16.1. The molecule has 2 aromatic carbocycles. The number of nitrogens with zero attached hydrogens (tertiary/aromatic N) is 1. The maximum Gasteiger partial charge on any atom is 0.337 e. The predicted octanol–water partition coefficient (Wildman–Crippen LogP) is 5.21. The van der Waals surface area contributed by atoms with E-state index < -0.39 is 39.0 Å². The number of unbranched alkanes of at least 4 members (excludes halogenated alkanes) is 2. The van der Waals surface area contributed by atoms with Gasteiger partial charge in [-0.3, -0.25) is 14.3 Å². The highest BCUT2D eigenvalue weighted by Gasteiger charge is 2.38. The summed E-state index contributed by atoms with van der Waals surface area (Å²) in [6.07, 6.45) is 1.82. The van der Waals surface area contributed by atoms with E-state index in [-0.39, 0.29) is 28.3 Å². The summed E-state index contributed by atoms with van der Waals surface area (Å²) >= 11 is 0. The number of ether oxygens (including phenoxy) is 2. The Hall–Kier alpha value is -4.03. The number of nitrogens with one attached hydrogen (secondary N) is 1. The summed E-state index contributed by atoms with van der Waals surface area (Å²) in [6.45, 7) is 6.99. The molecule has 1 aliphatic heterocycles. The quantitative estimate of drug-likeness (QED) is 0.107. The lowest BCUT2D eigenvalue weighted by atomic mass is 9.80. The minimum atomic E-state index is -3.82. The van der Waals surface area contributed by atoms with E-state index in [4.69, 9.17) is 13.7 Å². The maximum absolute atomic E-state index is 13.5. The van der Waals surface area contributed by atoms with Crippen LogP contribution in [0.3, 0.4) is 0 Å². The van der Waals surface area contributed by atoms with Gasteiger partial charge < -0.3 is 14.8 Å². The first kappa shape index (κ1) is 32.5. The number of hydrogen-bond acceptors (Lipinski definition) is 10. The van der Waals surface area contributed by atoms with Gasteiger partial charge in [-0.25, -0.2) is 9.59 Å². The van der Waals surface area contributed by atoms with E-state index in [9.17, 15) is 28.1 Å². The van der Waals surface area contributed by atoms with Gasteiger partial charge in [0.05, 0.1) is 46.7 Å². The van der Waals surface area contributed by atoms with Crippen molar-refractivity contribution in [1.29, 1.82) is 0 Å². The minimum absolute atomic E-state index is 0.0367. The van der Waals surface area contributed by atoms with Crippen molar-refractivity contribution >= 4 is 27.7 Å². The van der Waals surface area contributed by atoms with Crippen LogP contribution in [0.15, 0.2) is 76.0 Å². The number of rotatable bonds is 13. The summed E-state index contributed by atoms with van der Waals surface area (Å²) < 4.78 is 40.5. The second-order valence-electron chi connectivity index (χ2n) is 10.1. The Morgan fingerprint density at radius 3 is 2.24 bits per heavy atom. The van der Waals surface area contributed by atoms with Gasteiger partial charge in [0.2, 0.25) is 0 Å². The summed E-state index contributed by atoms with van der Waals surface area (Å²) in [6, 6.07) is 12.2. The number of nitro groups is 1. The van der Waals surface area contributed by atoms with Crippen LogP contribution >= 0.6 is 0 Å². The van der Waals surface area contributed by atoms with Gasteiger partial charge >= 0.3 is 11.9 Å². The Balaban J connectivity index is 1.63. The number of non-ortho nitro benzene ring substituents is 1. The molecule has 3 rings (SSSR count). The second-order valence-corrected chi connectivity index (χ2v) is 11.7. The molecule has 0 amide bonds. The average Bonchev–Trinajstić information content (AvgIpc) is 2.94. The first-order valence-corrected chi connectivity index (χ1v) is 14.9. The Kier molecular flexibility index (Phi) is 11.0. The molecule has 2 unspecified atom stereocenters. The van der Waals surface area contributed by atoms with Crippen LogP contribution in [0.1, 0.15) is 63.5 Å². The molecular weight excluding hydrogens is 564 g/mol. The zero-order valence-corrected chi connectivity index (χ0v) is 25.2. The summed E-state index contributed by atoms with van der Waals surface area (Å²) in [5.74, 6) is -2.27. The number of carbonyl (C=O) groups is 2. The molecule has 0 spiro atoms. The lowest BCUT2D eigenvalue weighted by molar-refractivity contribution is -0.384. The number of methoxy groups -OCH3 is 1. The number of hydrogen-bond donors (Lipinski definition) is 1. The molecule has 1 N–H and O–H groups in total. The second kappa shape index (κ2) is 14.2. The lowest BCUT2D eigenvalue weighted by Crippen LogP contribution is -2.33. The highest BCUT2D eigenvalue weighted by molar-refractivity contribution is 7.86. The molecule has 1 heterocycles. The molecule has 0 saturated heterocycles. The van der Waals surface area contributed by atoms with Crippen molar-refractivity contribution in [2.75, 3.05) is 13.7 Å². The number of dihydropyridines is 1. The Bertz CT molecular complexity index is 1490. The zero-order chi connectivity index (χ0) is 31.0. The summed E-state index contributed by atoms with van der Waals surface area (Å²) in [4.78, 5) is 37.3. The van der Waals surface area contributed by atoms with Crippen LogP contribution in [0.2, 0.25) is 0 Å². The summed E-state index contributed by atoms with van der Waals surface area (Å²) in [5, 5.41) is 14.5. The maximum atomic E-state index is 13.5. The molecule has 0 radical (unpaired) electrons.